The number of carboxylic acid groups (broad SMARTS) is 1. The van der Waals surface area contributed by atoms with Gasteiger partial charge in [0.2, 0.25) is 5.95 Å². The van der Waals surface area contributed by atoms with Gasteiger partial charge in [-0.25, -0.2) is 0 Å². The number of benzene rings is 2. The van der Waals surface area contributed by atoms with Gasteiger partial charge < -0.3 is 20.3 Å². The second kappa shape index (κ2) is 9.35. The fourth-order valence-electron chi connectivity index (χ4n) is 2.34. The minimum Gasteiger partial charge on any atom is -0.508 e. The van der Waals surface area contributed by atoms with Crippen molar-refractivity contribution in [3.05, 3.63) is 75.7 Å². The molecule has 0 aliphatic heterocycles. The molecular weight excluding hydrogens is 434 g/mol. The molecule has 1 heterocycles. The fraction of sp³-hybridized carbons (Fsp3) is 0.0476. The predicted octanol–water partition coefficient (Wildman–Crippen LogP) is 4.92. The van der Waals surface area contributed by atoms with Crippen LogP contribution in [-0.2, 0) is 4.79 Å². The average molecular weight is 447 g/mol. The molecular formula is C21H13Cl2FN2O4. The maximum absolute atomic E-state index is 14.1. The van der Waals surface area contributed by atoms with Crippen LogP contribution in [0.15, 0.2) is 48.5 Å². The molecule has 0 atom stereocenters. The molecule has 3 N–H and O–H groups in total. The molecule has 0 aliphatic carbocycles. The van der Waals surface area contributed by atoms with Crippen LogP contribution in [-0.4, -0.2) is 27.7 Å². The number of halogens is 3. The number of ether oxygens (including phenoxy) is 1. The Kier molecular flexibility index (Phi) is 6.62. The Morgan fingerprint density at radius 3 is 2.57 bits per heavy atom. The number of phenols is 1. The minimum atomic E-state index is -1.19. The molecule has 9 heteroatoms. The van der Waals surface area contributed by atoms with Crippen molar-refractivity contribution in [3.63, 3.8) is 0 Å². The van der Waals surface area contributed by atoms with Gasteiger partial charge in [-0.1, -0.05) is 53.2 Å². The molecule has 0 saturated heterocycles. The van der Waals surface area contributed by atoms with Gasteiger partial charge in [-0.05, 0) is 30.3 Å². The zero-order valence-corrected chi connectivity index (χ0v) is 16.6. The normalized spacial score (nSPS) is 10.1. The molecule has 3 aromatic rings. The highest BCUT2D eigenvalue weighted by Crippen LogP contribution is 2.42. The van der Waals surface area contributed by atoms with Crippen LogP contribution < -0.4 is 10.1 Å². The summed E-state index contributed by atoms with van der Waals surface area (Å²) >= 11 is 12.2. The number of pyridine rings is 1. The first-order valence-corrected chi connectivity index (χ1v) is 9.19. The second-order valence-corrected chi connectivity index (χ2v) is 6.61. The molecule has 0 bridgehead atoms. The molecule has 30 heavy (non-hydrogen) atoms. The predicted molar refractivity (Wildman–Crippen MR) is 111 cm³/mol. The smallest absolute Gasteiger partial charge is 0.322 e. The third-order valence-electron chi connectivity index (χ3n) is 3.70. The van der Waals surface area contributed by atoms with Gasteiger partial charge in [-0.15, -0.1) is 0 Å². The van der Waals surface area contributed by atoms with E-state index in [4.69, 9.17) is 33.0 Å². The molecule has 0 radical (unpaired) electrons. The monoisotopic (exact) mass is 446 g/mol. The van der Waals surface area contributed by atoms with E-state index in [-0.39, 0.29) is 28.1 Å². The van der Waals surface area contributed by atoms with Crippen molar-refractivity contribution in [3.8, 4) is 29.1 Å². The number of aromatic hydroxyl groups is 1. The highest BCUT2D eigenvalue weighted by atomic mass is 35.5. The van der Waals surface area contributed by atoms with Crippen LogP contribution in [0.4, 0.5) is 10.2 Å². The van der Waals surface area contributed by atoms with Crippen molar-refractivity contribution in [1.29, 1.82) is 0 Å². The van der Waals surface area contributed by atoms with Crippen LogP contribution in [0.25, 0.3) is 0 Å². The first kappa shape index (κ1) is 21.2. The van der Waals surface area contributed by atoms with E-state index >= 15 is 0 Å². The van der Waals surface area contributed by atoms with Gasteiger partial charge in [0, 0.05) is 5.56 Å². The summed E-state index contributed by atoms with van der Waals surface area (Å²) < 4.78 is 19.8. The van der Waals surface area contributed by atoms with Crippen LogP contribution in [0.2, 0.25) is 10.0 Å². The van der Waals surface area contributed by atoms with E-state index in [1.165, 1.54) is 18.2 Å². The Morgan fingerprint density at radius 2 is 1.87 bits per heavy atom. The second-order valence-electron chi connectivity index (χ2n) is 5.85. The van der Waals surface area contributed by atoms with Gasteiger partial charge in [-0.3, -0.25) is 4.79 Å². The average Bonchev–Trinajstić information content (AvgIpc) is 2.73. The Morgan fingerprint density at radius 1 is 1.13 bits per heavy atom. The Labute approximate surface area is 180 Å². The van der Waals surface area contributed by atoms with E-state index in [1.807, 2.05) is 30.3 Å². The fourth-order valence-corrected chi connectivity index (χ4v) is 2.80. The summed E-state index contributed by atoms with van der Waals surface area (Å²) in [5, 5.41) is 20.3. The maximum Gasteiger partial charge on any atom is 0.322 e. The lowest BCUT2D eigenvalue weighted by molar-refractivity contribution is -0.134. The standard InChI is InChI=1S/C21H13Cl2FN2O4/c22-17-19(18(23)21(26-20(17)24)25-11-16(28)29)30-15-9-8-14(27)10-13(15)7-6-12-4-2-1-3-5-12/h1-5,8-10,27H,11H2,(H,25,26)(H,28,29). The summed E-state index contributed by atoms with van der Waals surface area (Å²) in [6.45, 7) is -0.541. The van der Waals surface area contributed by atoms with E-state index in [1.54, 1.807) is 0 Å². The molecule has 0 saturated carbocycles. The number of aromatic nitrogens is 1. The topological polar surface area (TPSA) is 91.7 Å². The van der Waals surface area contributed by atoms with Crippen molar-refractivity contribution in [2.45, 2.75) is 0 Å². The number of hydrogen-bond acceptors (Lipinski definition) is 5. The zero-order valence-electron chi connectivity index (χ0n) is 15.1. The molecule has 0 fully saturated rings. The molecule has 0 aliphatic rings. The summed E-state index contributed by atoms with van der Waals surface area (Å²) in [6, 6.07) is 13.3. The first-order valence-electron chi connectivity index (χ1n) is 8.43. The Balaban J connectivity index is 2.01. The van der Waals surface area contributed by atoms with E-state index in [0.29, 0.717) is 5.56 Å². The molecule has 2 aromatic carbocycles. The lowest BCUT2D eigenvalue weighted by Gasteiger charge is -2.14. The number of nitrogens with zero attached hydrogens (tertiary/aromatic N) is 1. The lowest BCUT2D eigenvalue weighted by atomic mass is 10.1. The Bertz CT molecular complexity index is 1160. The molecule has 152 valence electrons. The summed E-state index contributed by atoms with van der Waals surface area (Å²) in [6.07, 6.45) is 0. The SMILES string of the molecule is O=C(O)CNc1nc(F)c(Cl)c(Oc2ccc(O)cc2C#Cc2ccccc2)c1Cl. The van der Waals surface area contributed by atoms with E-state index in [2.05, 4.69) is 22.1 Å². The lowest BCUT2D eigenvalue weighted by Crippen LogP contribution is -2.14. The maximum atomic E-state index is 14.1. The largest absolute Gasteiger partial charge is 0.508 e. The highest BCUT2D eigenvalue weighted by Gasteiger charge is 2.21. The van der Waals surface area contributed by atoms with Crippen LogP contribution in [0.3, 0.4) is 0 Å². The number of rotatable bonds is 5. The number of carboxylic acids is 1. The van der Waals surface area contributed by atoms with Gasteiger partial charge in [-0.2, -0.15) is 9.37 Å². The third-order valence-corrected chi connectivity index (χ3v) is 4.37. The first-order chi connectivity index (χ1) is 14.3. The number of aliphatic carboxylic acids is 1. The van der Waals surface area contributed by atoms with Crippen molar-refractivity contribution in [2.24, 2.45) is 0 Å². The number of nitrogens with one attached hydrogen (secondary N) is 1. The zero-order chi connectivity index (χ0) is 21.7. The molecule has 0 spiro atoms. The third kappa shape index (κ3) is 5.11. The van der Waals surface area contributed by atoms with Gasteiger partial charge in [0.25, 0.3) is 0 Å². The van der Waals surface area contributed by atoms with Gasteiger partial charge in [0.1, 0.15) is 28.1 Å². The highest BCUT2D eigenvalue weighted by molar-refractivity contribution is 6.38. The number of phenolic OH excluding ortho intramolecular Hbond substituents is 1. The summed E-state index contributed by atoms with van der Waals surface area (Å²) in [7, 11) is 0. The van der Waals surface area contributed by atoms with Gasteiger partial charge in [0.05, 0.1) is 5.56 Å². The summed E-state index contributed by atoms with van der Waals surface area (Å²) in [4.78, 5) is 14.3. The number of anilines is 1. The van der Waals surface area contributed by atoms with Gasteiger partial charge >= 0.3 is 5.97 Å². The molecule has 6 nitrogen and oxygen atoms in total. The van der Waals surface area contributed by atoms with Crippen LogP contribution in [0, 0.1) is 17.8 Å². The molecule has 0 unspecified atom stereocenters. The van der Waals surface area contributed by atoms with E-state index < -0.39 is 23.5 Å². The van der Waals surface area contributed by atoms with Crippen molar-refractivity contribution < 1.29 is 24.1 Å². The quantitative estimate of drug-likeness (QED) is 0.380. The molecule has 3 rings (SSSR count). The van der Waals surface area contributed by atoms with Crippen molar-refractivity contribution >= 4 is 35.0 Å². The van der Waals surface area contributed by atoms with Crippen molar-refractivity contribution in [1.82, 2.24) is 4.98 Å². The molecule has 1 aromatic heterocycles. The number of carbonyl (C=O) groups is 1. The number of hydrogen-bond donors (Lipinski definition) is 3. The Hall–Kier alpha value is -3.47. The van der Waals surface area contributed by atoms with E-state index in [0.717, 1.165) is 5.56 Å². The van der Waals surface area contributed by atoms with Gasteiger partial charge in [0.15, 0.2) is 11.6 Å². The molecule has 0 amide bonds. The summed E-state index contributed by atoms with van der Waals surface area (Å²) in [5.41, 5.74) is 1.03. The van der Waals surface area contributed by atoms with Crippen molar-refractivity contribution in [2.75, 3.05) is 11.9 Å². The van der Waals surface area contributed by atoms with Crippen LogP contribution in [0.1, 0.15) is 11.1 Å². The van der Waals surface area contributed by atoms with Crippen LogP contribution >= 0.6 is 23.2 Å². The summed E-state index contributed by atoms with van der Waals surface area (Å²) in [5.74, 6) is 3.09. The van der Waals surface area contributed by atoms with Crippen LogP contribution in [0.5, 0.6) is 17.2 Å². The van der Waals surface area contributed by atoms with E-state index in [9.17, 15) is 14.3 Å². The minimum absolute atomic E-state index is 0.0540.